The molecule has 94 valence electrons. The standard InChI is InChI=1S/C13H13FN2OS/c1-2-10-4-5-11(18-10)8-16-13(17)9-3-6-12(14)15-7-9/h3-7H,2,8H2,1H3,(H,16,17). The number of amides is 1. The van der Waals surface area contributed by atoms with Crippen molar-refractivity contribution in [3.8, 4) is 0 Å². The van der Waals surface area contributed by atoms with E-state index in [1.807, 2.05) is 6.07 Å². The fourth-order valence-corrected chi connectivity index (χ4v) is 2.38. The fourth-order valence-electron chi connectivity index (χ4n) is 1.49. The molecule has 0 unspecified atom stereocenters. The molecule has 2 aromatic rings. The first-order chi connectivity index (χ1) is 8.69. The van der Waals surface area contributed by atoms with Gasteiger partial charge >= 0.3 is 0 Å². The maximum Gasteiger partial charge on any atom is 0.253 e. The average Bonchev–Trinajstić information content (AvgIpc) is 2.85. The van der Waals surface area contributed by atoms with E-state index in [-0.39, 0.29) is 5.91 Å². The summed E-state index contributed by atoms with van der Waals surface area (Å²) in [4.78, 5) is 17.6. The van der Waals surface area contributed by atoms with Crippen molar-refractivity contribution in [3.05, 3.63) is 51.7 Å². The number of hydrogen-bond acceptors (Lipinski definition) is 3. The molecule has 0 spiro atoms. The van der Waals surface area contributed by atoms with E-state index in [9.17, 15) is 9.18 Å². The zero-order valence-corrected chi connectivity index (χ0v) is 10.8. The van der Waals surface area contributed by atoms with Crippen molar-refractivity contribution in [2.45, 2.75) is 19.9 Å². The minimum absolute atomic E-state index is 0.242. The van der Waals surface area contributed by atoms with Crippen LogP contribution in [-0.4, -0.2) is 10.9 Å². The second kappa shape index (κ2) is 5.73. The monoisotopic (exact) mass is 264 g/mol. The number of nitrogens with zero attached hydrogens (tertiary/aromatic N) is 1. The van der Waals surface area contributed by atoms with Crippen LogP contribution in [0.15, 0.2) is 30.5 Å². The summed E-state index contributed by atoms with van der Waals surface area (Å²) in [7, 11) is 0. The molecule has 1 amide bonds. The Balaban J connectivity index is 1.93. The molecule has 0 saturated carbocycles. The smallest absolute Gasteiger partial charge is 0.253 e. The molecule has 1 N–H and O–H groups in total. The van der Waals surface area contributed by atoms with Gasteiger partial charge in [0.1, 0.15) is 0 Å². The lowest BCUT2D eigenvalue weighted by Crippen LogP contribution is -2.22. The predicted octanol–water partition coefficient (Wildman–Crippen LogP) is 2.77. The number of pyridine rings is 1. The predicted molar refractivity (Wildman–Crippen MR) is 69.1 cm³/mol. The summed E-state index contributed by atoms with van der Waals surface area (Å²) in [6, 6.07) is 6.66. The summed E-state index contributed by atoms with van der Waals surface area (Å²) in [5.41, 5.74) is 0.365. The first kappa shape index (κ1) is 12.7. The lowest BCUT2D eigenvalue weighted by Gasteiger charge is -2.02. The summed E-state index contributed by atoms with van der Waals surface area (Å²) in [6.45, 7) is 2.58. The van der Waals surface area contributed by atoms with Crippen LogP contribution >= 0.6 is 11.3 Å². The van der Waals surface area contributed by atoms with Crippen LogP contribution in [0.25, 0.3) is 0 Å². The largest absolute Gasteiger partial charge is 0.347 e. The molecule has 0 radical (unpaired) electrons. The summed E-state index contributed by atoms with van der Waals surface area (Å²) in [5, 5.41) is 2.78. The van der Waals surface area contributed by atoms with E-state index in [0.29, 0.717) is 12.1 Å². The van der Waals surface area contributed by atoms with Gasteiger partial charge in [0.2, 0.25) is 5.95 Å². The molecule has 18 heavy (non-hydrogen) atoms. The summed E-state index contributed by atoms with van der Waals surface area (Å²) in [6.07, 6.45) is 2.23. The van der Waals surface area contributed by atoms with Gasteiger partial charge < -0.3 is 5.32 Å². The Labute approximate surface area is 109 Å². The molecule has 0 aliphatic rings. The highest BCUT2D eigenvalue weighted by atomic mass is 32.1. The Morgan fingerprint density at radius 3 is 2.72 bits per heavy atom. The summed E-state index contributed by atoms with van der Waals surface area (Å²) >= 11 is 1.68. The molecule has 0 saturated heterocycles. The summed E-state index contributed by atoms with van der Waals surface area (Å²) in [5.74, 6) is -0.827. The molecule has 2 aromatic heterocycles. The lowest BCUT2D eigenvalue weighted by atomic mass is 10.2. The van der Waals surface area contributed by atoms with Gasteiger partial charge in [-0.1, -0.05) is 6.92 Å². The molecule has 3 nitrogen and oxygen atoms in total. The number of thiophene rings is 1. The number of hydrogen-bond donors (Lipinski definition) is 1. The van der Waals surface area contributed by atoms with Crippen LogP contribution in [0, 0.1) is 5.95 Å². The fraction of sp³-hybridized carbons (Fsp3) is 0.231. The molecule has 0 aliphatic heterocycles. The Hall–Kier alpha value is -1.75. The van der Waals surface area contributed by atoms with Crippen molar-refractivity contribution >= 4 is 17.2 Å². The Kier molecular flexibility index (Phi) is 4.04. The van der Waals surface area contributed by atoms with Gasteiger partial charge in [-0.2, -0.15) is 4.39 Å². The van der Waals surface area contributed by atoms with E-state index in [4.69, 9.17) is 0 Å². The highest BCUT2D eigenvalue weighted by Gasteiger charge is 2.06. The number of aromatic nitrogens is 1. The van der Waals surface area contributed by atoms with Crippen molar-refractivity contribution in [1.29, 1.82) is 0 Å². The van der Waals surface area contributed by atoms with E-state index in [2.05, 4.69) is 23.3 Å². The third-order valence-corrected chi connectivity index (χ3v) is 3.71. The molecule has 0 fully saturated rings. The zero-order chi connectivity index (χ0) is 13.0. The van der Waals surface area contributed by atoms with E-state index in [1.165, 1.54) is 23.2 Å². The zero-order valence-electron chi connectivity index (χ0n) is 9.94. The lowest BCUT2D eigenvalue weighted by molar-refractivity contribution is 0.0951. The van der Waals surface area contributed by atoms with E-state index in [0.717, 1.165) is 11.3 Å². The summed E-state index contributed by atoms with van der Waals surface area (Å²) < 4.78 is 12.6. The molecule has 2 heterocycles. The maximum absolute atomic E-state index is 12.6. The van der Waals surface area contributed by atoms with Gasteiger partial charge in [0.25, 0.3) is 5.91 Å². The van der Waals surface area contributed by atoms with E-state index in [1.54, 1.807) is 11.3 Å². The number of nitrogens with one attached hydrogen (secondary N) is 1. The normalized spacial score (nSPS) is 10.3. The highest BCUT2D eigenvalue weighted by Crippen LogP contribution is 2.16. The van der Waals surface area contributed by atoms with Gasteiger partial charge in [-0.05, 0) is 30.7 Å². The number of carbonyl (C=O) groups excluding carboxylic acids is 1. The van der Waals surface area contributed by atoms with Crippen molar-refractivity contribution < 1.29 is 9.18 Å². The van der Waals surface area contributed by atoms with Gasteiger partial charge in [-0.25, -0.2) is 4.98 Å². The second-order valence-electron chi connectivity index (χ2n) is 3.77. The third kappa shape index (κ3) is 3.13. The number of rotatable bonds is 4. The molecule has 2 rings (SSSR count). The molecular formula is C13H13FN2OS. The van der Waals surface area contributed by atoms with Crippen molar-refractivity contribution in [2.24, 2.45) is 0 Å². The number of halogens is 1. The Morgan fingerprint density at radius 2 is 2.11 bits per heavy atom. The van der Waals surface area contributed by atoms with Crippen LogP contribution in [-0.2, 0) is 13.0 Å². The quantitative estimate of drug-likeness (QED) is 0.863. The number of aryl methyl sites for hydroxylation is 1. The van der Waals surface area contributed by atoms with Crippen LogP contribution in [0.3, 0.4) is 0 Å². The van der Waals surface area contributed by atoms with Gasteiger partial charge in [0.05, 0.1) is 12.1 Å². The second-order valence-corrected chi connectivity index (χ2v) is 5.03. The van der Waals surface area contributed by atoms with Crippen LogP contribution in [0.1, 0.15) is 27.0 Å². The third-order valence-electron chi connectivity index (χ3n) is 2.48. The molecule has 5 heteroatoms. The Morgan fingerprint density at radius 1 is 1.33 bits per heavy atom. The van der Waals surface area contributed by atoms with Gasteiger partial charge in [-0.3, -0.25) is 4.79 Å². The van der Waals surface area contributed by atoms with Crippen LogP contribution in [0.5, 0.6) is 0 Å². The van der Waals surface area contributed by atoms with Crippen LogP contribution < -0.4 is 5.32 Å². The molecular weight excluding hydrogens is 251 g/mol. The van der Waals surface area contributed by atoms with Gasteiger partial charge in [0, 0.05) is 16.0 Å². The first-order valence-corrected chi connectivity index (χ1v) is 6.48. The van der Waals surface area contributed by atoms with Crippen molar-refractivity contribution in [3.63, 3.8) is 0 Å². The SMILES string of the molecule is CCc1ccc(CNC(=O)c2ccc(F)nc2)s1. The Bertz CT molecular complexity index is 536. The van der Waals surface area contributed by atoms with Crippen LogP contribution in [0.2, 0.25) is 0 Å². The topological polar surface area (TPSA) is 42.0 Å². The maximum atomic E-state index is 12.6. The number of carbonyl (C=O) groups is 1. The van der Waals surface area contributed by atoms with Crippen LogP contribution in [0.4, 0.5) is 4.39 Å². The molecule has 0 aromatic carbocycles. The minimum Gasteiger partial charge on any atom is -0.347 e. The van der Waals surface area contributed by atoms with E-state index >= 15 is 0 Å². The highest BCUT2D eigenvalue weighted by molar-refractivity contribution is 7.11. The minimum atomic E-state index is -0.586. The first-order valence-electron chi connectivity index (χ1n) is 5.66. The van der Waals surface area contributed by atoms with E-state index < -0.39 is 5.95 Å². The van der Waals surface area contributed by atoms with Gasteiger partial charge in [-0.15, -0.1) is 11.3 Å². The van der Waals surface area contributed by atoms with Gasteiger partial charge in [0.15, 0.2) is 0 Å². The molecule has 0 aliphatic carbocycles. The molecule has 0 bridgehead atoms. The average molecular weight is 264 g/mol. The molecule has 0 atom stereocenters. The van der Waals surface area contributed by atoms with Crippen molar-refractivity contribution in [1.82, 2.24) is 10.3 Å². The van der Waals surface area contributed by atoms with Crippen molar-refractivity contribution in [2.75, 3.05) is 0 Å².